The van der Waals surface area contributed by atoms with Crippen LogP contribution in [0.25, 0.3) is 0 Å². The number of urea groups is 1. The minimum Gasteiger partial charge on any atom is -0.308 e. The number of hydrogen-bond donors (Lipinski definition) is 2. The van der Waals surface area contributed by atoms with Crippen molar-refractivity contribution in [2.75, 3.05) is 10.6 Å². The van der Waals surface area contributed by atoms with Crippen molar-refractivity contribution in [2.24, 2.45) is 0 Å². The van der Waals surface area contributed by atoms with Gasteiger partial charge in [-0.25, -0.2) is 9.78 Å². The zero-order valence-corrected chi connectivity index (χ0v) is 12.5. The molecule has 0 spiro atoms. The fraction of sp³-hybridized carbons (Fsp3) is 0.143. The second-order valence-corrected chi connectivity index (χ2v) is 5.13. The van der Waals surface area contributed by atoms with E-state index >= 15 is 0 Å². The maximum absolute atomic E-state index is 11.9. The van der Waals surface area contributed by atoms with Gasteiger partial charge in [-0.05, 0) is 43.7 Å². The summed E-state index contributed by atoms with van der Waals surface area (Å²) in [6, 6.07) is 8.33. The van der Waals surface area contributed by atoms with Crippen LogP contribution in [0.15, 0.2) is 30.3 Å². The predicted molar refractivity (Wildman–Crippen MR) is 82.8 cm³/mol. The number of amides is 2. The quantitative estimate of drug-likeness (QED) is 0.793. The van der Waals surface area contributed by atoms with Crippen molar-refractivity contribution in [3.05, 3.63) is 51.8 Å². The first-order valence-electron chi connectivity index (χ1n) is 5.93. The molecule has 2 rings (SSSR count). The number of aromatic nitrogens is 1. The Balaban J connectivity index is 2.13. The smallest absolute Gasteiger partial charge is 0.308 e. The molecule has 0 radical (unpaired) electrons. The van der Waals surface area contributed by atoms with Gasteiger partial charge in [0.2, 0.25) is 0 Å². The highest BCUT2D eigenvalue weighted by atomic mass is 35.5. The van der Waals surface area contributed by atoms with Crippen LogP contribution >= 0.6 is 23.2 Å². The Kier molecular flexibility index (Phi) is 4.47. The molecule has 2 N–H and O–H groups in total. The van der Waals surface area contributed by atoms with Gasteiger partial charge < -0.3 is 10.6 Å². The summed E-state index contributed by atoms with van der Waals surface area (Å²) in [6.07, 6.45) is 0. The van der Waals surface area contributed by atoms with Gasteiger partial charge in [0.05, 0.1) is 5.69 Å². The van der Waals surface area contributed by atoms with E-state index in [0.717, 1.165) is 11.3 Å². The zero-order chi connectivity index (χ0) is 14.7. The molecule has 0 aliphatic rings. The SMILES string of the molecule is Cc1cc(C)c(NC(=O)Nc2cccc(Cl)c2)c(Cl)n1. The molecule has 0 aliphatic heterocycles. The topological polar surface area (TPSA) is 54.0 Å². The molecule has 1 aromatic heterocycles. The van der Waals surface area contributed by atoms with Crippen LogP contribution in [0, 0.1) is 13.8 Å². The third kappa shape index (κ3) is 3.62. The van der Waals surface area contributed by atoms with Gasteiger partial charge in [-0.1, -0.05) is 29.3 Å². The number of carbonyl (C=O) groups is 1. The Morgan fingerprint density at radius 2 is 1.90 bits per heavy atom. The molecule has 104 valence electrons. The van der Waals surface area contributed by atoms with E-state index in [0.29, 0.717) is 16.4 Å². The first-order chi connectivity index (χ1) is 9.45. The minimum absolute atomic E-state index is 0.267. The molecule has 0 unspecified atom stereocenters. The first-order valence-corrected chi connectivity index (χ1v) is 6.68. The van der Waals surface area contributed by atoms with Gasteiger partial charge in [0.25, 0.3) is 0 Å². The van der Waals surface area contributed by atoms with Gasteiger partial charge >= 0.3 is 6.03 Å². The highest BCUT2D eigenvalue weighted by molar-refractivity contribution is 6.33. The minimum atomic E-state index is -0.400. The molecule has 1 aromatic carbocycles. The van der Waals surface area contributed by atoms with Crippen LogP contribution in [0.5, 0.6) is 0 Å². The lowest BCUT2D eigenvalue weighted by Crippen LogP contribution is -2.20. The van der Waals surface area contributed by atoms with Crippen LogP contribution < -0.4 is 10.6 Å². The van der Waals surface area contributed by atoms with Crippen molar-refractivity contribution < 1.29 is 4.79 Å². The summed E-state index contributed by atoms with van der Waals surface area (Å²) in [6.45, 7) is 3.70. The number of pyridine rings is 1. The maximum Gasteiger partial charge on any atom is 0.323 e. The molecule has 6 heteroatoms. The number of nitrogens with one attached hydrogen (secondary N) is 2. The fourth-order valence-corrected chi connectivity index (χ4v) is 2.30. The van der Waals surface area contributed by atoms with Gasteiger partial charge in [0, 0.05) is 16.4 Å². The van der Waals surface area contributed by atoms with Gasteiger partial charge in [-0.15, -0.1) is 0 Å². The number of nitrogens with zero attached hydrogens (tertiary/aromatic N) is 1. The molecule has 4 nitrogen and oxygen atoms in total. The van der Waals surface area contributed by atoms with Crippen molar-refractivity contribution in [1.29, 1.82) is 0 Å². The molecule has 2 amide bonds. The van der Waals surface area contributed by atoms with Crippen LogP contribution in [0.2, 0.25) is 10.2 Å². The number of aryl methyl sites for hydroxylation is 2. The van der Waals surface area contributed by atoms with Gasteiger partial charge in [-0.3, -0.25) is 0 Å². The van der Waals surface area contributed by atoms with Gasteiger partial charge in [0.1, 0.15) is 0 Å². The third-order valence-corrected chi connectivity index (χ3v) is 3.13. The number of halogens is 2. The van der Waals surface area contributed by atoms with E-state index in [-0.39, 0.29) is 5.15 Å². The van der Waals surface area contributed by atoms with Crippen molar-refractivity contribution in [3.63, 3.8) is 0 Å². The number of hydrogen-bond acceptors (Lipinski definition) is 2. The Hall–Kier alpha value is -1.78. The lowest BCUT2D eigenvalue weighted by Gasteiger charge is -2.12. The Morgan fingerprint density at radius 1 is 1.15 bits per heavy atom. The van der Waals surface area contributed by atoms with Gasteiger partial charge in [0.15, 0.2) is 5.15 Å². The number of carbonyl (C=O) groups excluding carboxylic acids is 1. The van der Waals surface area contributed by atoms with Crippen LogP contribution in [0.3, 0.4) is 0 Å². The Bertz CT molecular complexity index is 636. The van der Waals surface area contributed by atoms with Crippen molar-refractivity contribution in [2.45, 2.75) is 13.8 Å². The van der Waals surface area contributed by atoms with Gasteiger partial charge in [-0.2, -0.15) is 0 Å². The van der Waals surface area contributed by atoms with E-state index in [1.54, 1.807) is 24.3 Å². The summed E-state index contributed by atoms with van der Waals surface area (Å²) >= 11 is 11.9. The van der Waals surface area contributed by atoms with E-state index < -0.39 is 6.03 Å². The van der Waals surface area contributed by atoms with Crippen molar-refractivity contribution in [1.82, 2.24) is 4.98 Å². The fourth-order valence-electron chi connectivity index (χ4n) is 1.78. The Morgan fingerprint density at radius 3 is 2.55 bits per heavy atom. The molecule has 0 aliphatic carbocycles. The van der Waals surface area contributed by atoms with Crippen molar-refractivity contribution >= 4 is 40.6 Å². The second-order valence-electron chi connectivity index (χ2n) is 4.34. The highest BCUT2D eigenvalue weighted by Gasteiger charge is 2.10. The summed E-state index contributed by atoms with van der Waals surface area (Å²) in [5.74, 6) is 0. The molecule has 0 fully saturated rings. The summed E-state index contributed by atoms with van der Waals surface area (Å²) < 4.78 is 0. The van der Waals surface area contributed by atoms with E-state index in [1.807, 2.05) is 19.9 Å². The van der Waals surface area contributed by atoms with Crippen molar-refractivity contribution in [3.8, 4) is 0 Å². The third-order valence-electron chi connectivity index (χ3n) is 2.62. The van der Waals surface area contributed by atoms with Crippen LogP contribution in [-0.4, -0.2) is 11.0 Å². The summed E-state index contributed by atoms with van der Waals surface area (Å²) in [4.78, 5) is 16.0. The molecule has 0 saturated heterocycles. The zero-order valence-electron chi connectivity index (χ0n) is 11.0. The normalized spacial score (nSPS) is 10.2. The molecule has 0 saturated carbocycles. The predicted octanol–water partition coefficient (Wildman–Crippen LogP) is 4.65. The molecular formula is C14H13Cl2N3O. The average molecular weight is 310 g/mol. The monoisotopic (exact) mass is 309 g/mol. The maximum atomic E-state index is 11.9. The number of benzene rings is 1. The lowest BCUT2D eigenvalue weighted by atomic mass is 10.2. The number of anilines is 2. The van der Waals surface area contributed by atoms with E-state index in [1.165, 1.54) is 0 Å². The van der Waals surface area contributed by atoms with Crippen LogP contribution in [-0.2, 0) is 0 Å². The molecule has 0 atom stereocenters. The number of rotatable bonds is 2. The summed E-state index contributed by atoms with van der Waals surface area (Å²) in [5.41, 5.74) is 2.75. The Labute approximate surface area is 127 Å². The molecule has 20 heavy (non-hydrogen) atoms. The molecular weight excluding hydrogens is 297 g/mol. The molecule has 0 bridgehead atoms. The van der Waals surface area contributed by atoms with Crippen LogP contribution in [0.4, 0.5) is 16.2 Å². The van der Waals surface area contributed by atoms with E-state index in [4.69, 9.17) is 23.2 Å². The standard InChI is InChI=1S/C14H13Cl2N3O/c1-8-6-9(2)17-13(16)12(8)19-14(20)18-11-5-3-4-10(15)7-11/h3-7H,1-2H3,(H2,18,19,20). The lowest BCUT2D eigenvalue weighted by molar-refractivity contribution is 0.262. The average Bonchev–Trinajstić information content (AvgIpc) is 2.33. The summed E-state index contributed by atoms with van der Waals surface area (Å²) in [5, 5.41) is 6.18. The molecule has 1 heterocycles. The summed E-state index contributed by atoms with van der Waals surface area (Å²) in [7, 11) is 0. The second kappa shape index (κ2) is 6.11. The highest BCUT2D eigenvalue weighted by Crippen LogP contribution is 2.24. The largest absolute Gasteiger partial charge is 0.323 e. The first kappa shape index (κ1) is 14.6. The van der Waals surface area contributed by atoms with E-state index in [2.05, 4.69) is 15.6 Å². The molecule has 2 aromatic rings. The van der Waals surface area contributed by atoms with E-state index in [9.17, 15) is 4.79 Å². The van der Waals surface area contributed by atoms with Crippen LogP contribution in [0.1, 0.15) is 11.3 Å².